The molecule has 90 heavy (non-hydrogen) atoms. The van der Waals surface area contributed by atoms with Gasteiger partial charge in [-0.3, -0.25) is 4.99 Å². The number of unbranched alkanes of at least 4 members (excludes halogenated alkanes) is 1. The van der Waals surface area contributed by atoms with Crippen LogP contribution < -0.4 is 16.8 Å². The van der Waals surface area contributed by atoms with Gasteiger partial charge in [0.05, 0.1) is 73.2 Å². The Bertz CT molecular complexity index is 2430. The molecule has 0 spiro atoms. The summed E-state index contributed by atoms with van der Waals surface area (Å²) >= 11 is 0. The summed E-state index contributed by atoms with van der Waals surface area (Å²) in [5.74, 6) is -1.48. The topological polar surface area (TPSA) is 356 Å². The minimum Gasteiger partial charge on any atom is -0.478 e. The number of hydrogen-bond acceptors (Lipinski definition) is 15. The molecule has 0 aliphatic heterocycles. The van der Waals surface area contributed by atoms with Gasteiger partial charge in [-0.05, 0) is 108 Å². The fourth-order valence-corrected chi connectivity index (χ4v) is 9.97. The van der Waals surface area contributed by atoms with Crippen LogP contribution in [0.2, 0.25) is 0 Å². The van der Waals surface area contributed by atoms with Crippen LogP contribution in [-0.4, -0.2) is 164 Å². The standard InChI is InChI=1S/C72H114N4O14/c1-6-56(35-30-42-75-72(73)74)43-62(81)48-65(84)49-64(83)46-60(79)38-28-36-58(77)44-63(82)45-59(78)37-29-39-61(80)47-66(85)50-67(76-51-57-33-24-21-25-34-57)54(4)68(86)40-26-19-15-10-8-7-9-11-16-20-27-41-69(87)55(5)70(88)52(2)31-22-17-13-12-14-18-23-32-53(3)71(89)90/h7-12,14-16,18-29,31-34,36,39,41,52,54-56,58-70,76-88H,6,13,17,30,35,37-38,40,42-51H2,1-5H3,(H,89,90)(H4,73,74,75). The molecule has 0 aliphatic carbocycles. The van der Waals surface area contributed by atoms with Crippen molar-refractivity contribution in [1.29, 1.82) is 0 Å². The molecule has 0 saturated carbocycles. The third kappa shape index (κ3) is 43.2. The van der Waals surface area contributed by atoms with Gasteiger partial charge in [-0.15, -0.1) is 0 Å². The van der Waals surface area contributed by atoms with Gasteiger partial charge in [0.15, 0.2) is 5.96 Å². The maximum Gasteiger partial charge on any atom is 0.331 e. The average Bonchev–Trinajstić information content (AvgIpc) is 2.05. The van der Waals surface area contributed by atoms with Gasteiger partial charge in [-0.1, -0.05) is 204 Å². The zero-order chi connectivity index (χ0) is 67.1. The summed E-state index contributed by atoms with van der Waals surface area (Å²) in [5.41, 5.74) is 12.0. The molecular weight excluding hydrogens is 1140 g/mol. The van der Waals surface area contributed by atoms with E-state index in [1.165, 1.54) is 25.2 Å². The van der Waals surface area contributed by atoms with Crippen LogP contribution >= 0.6 is 0 Å². The Balaban J connectivity index is 2.56. The molecule has 17 unspecified atom stereocenters. The monoisotopic (exact) mass is 1260 g/mol. The van der Waals surface area contributed by atoms with Crippen molar-refractivity contribution < 1.29 is 71.2 Å². The Morgan fingerprint density at radius 1 is 0.533 bits per heavy atom. The molecule has 0 fully saturated rings. The van der Waals surface area contributed by atoms with Crippen LogP contribution in [0.5, 0.6) is 0 Å². The van der Waals surface area contributed by atoms with Gasteiger partial charge in [-0.2, -0.15) is 0 Å². The fraction of sp³-hybridized carbons (Fsp3) is 0.556. The van der Waals surface area contributed by atoms with Gasteiger partial charge in [0.1, 0.15) is 0 Å². The number of guanidine groups is 1. The maximum absolute atomic E-state index is 11.3. The van der Waals surface area contributed by atoms with Gasteiger partial charge >= 0.3 is 5.97 Å². The van der Waals surface area contributed by atoms with E-state index in [0.29, 0.717) is 25.9 Å². The highest BCUT2D eigenvalue weighted by molar-refractivity contribution is 5.86. The second-order valence-electron chi connectivity index (χ2n) is 23.8. The van der Waals surface area contributed by atoms with Gasteiger partial charge < -0.3 is 83.2 Å². The van der Waals surface area contributed by atoms with E-state index in [0.717, 1.165) is 37.7 Å². The molecule has 506 valence electrons. The highest BCUT2D eigenvalue weighted by Gasteiger charge is 2.28. The van der Waals surface area contributed by atoms with Gasteiger partial charge in [0.2, 0.25) is 0 Å². The highest BCUT2D eigenvalue weighted by atomic mass is 16.4. The van der Waals surface area contributed by atoms with Crippen LogP contribution in [-0.2, 0) is 11.3 Å². The van der Waals surface area contributed by atoms with Crippen LogP contribution in [0.25, 0.3) is 0 Å². The molecule has 0 radical (unpaired) electrons. The van der Waals surface area contributed by atoms with Crippen molar-refractivity contribution in [3.63, 3.8) is 0 Å². The molecule has 18 nitrogen and oxygen atoms in total. The minimum atomic E-state index is -1.07. The lowest BCUT2D eigenvalue weighted by Gasteiger charge is -2.31. The number of aliphatic hydroxyl groups excluding tert-OH is 12. The first-order valence-electron chi connectivity index (χ1n) is 32.1. The fourth-order valence-electron chi connectivity index (χ4n) is 9.97. The number of hydrogen-bond donors (Lipinski definition) is 16. The third-order valence-corrected chi connectivity index (χ3v) is 15.6. The van der Waals surface area contributed by atoms with Crippen molar-refractivity contribution in [1.82, 2.24) is 5.32 Å². The van der Waals surface area contributed by atoms with Crippen LogP contribution in [0, 0.1) is 23.7 Å². The van der Waals surface area contributed by atoms with E-state index in [4.69, 9.17) is 16.6 Å². The number of aliphatic imine (C=N–C) groups is 1. The summed E-state index contributed by atoms with van der Waals surface area (Å²) in [4.78, 5) is 14.8. The van der Waals surface area contributed by atoms with E-state index >= 15 is 0 Å². The largest absolute Gasteiger partial charge is 0.478 e. The van der Waals surface area contributed by atoms with E-state index < -0.39 is 79.2 Å². The zero-order valence-electron chi connectivity index (χ0n) is 54.0. The predicted molar refractivity (Wildman–Crippen MR) is 362 cm³/mol. The quantitative estimate of drug-likeness (QED) is 0.00742. The van der Waals surface area contributed by atoms with E-state index in [9.17, 15) is 66.1 Å². The number of rotatable bonds is 50. The number of benzene rings is 1. The van der Waals surface area contributed by atoms with Crippen molar-refractivity contribution in [3.8, 4) is 0 Å². The lowest BCUT2D eigenvalue weighted by atomic mass is 9.88. The molecule has 1 aromatic rings. The Morgan fingerprint density at radius 3 is 1.58 bits per heavy atom. The summed E-state index contributed by atoms with van der Waals surface area (Å²) in [6.07, 6.45) is 35.1. The van der Waals surface area contributed by atoms with Crippen LogP contribution in [0.15, 0.2) is 181 Å². The van der Waals surface area contributed by atoms with Crippen LogP contribution in [0.4, 0.5) is 0 Å². The first kappa shape index (κ1) is 82.3. The van der Waals surface area contributed by atoms with E-state index in [1.54, 1.807) is 42.5 Å². The number of aliphatic carboxylic acids is 1. The zero-order valence-corrected chi connectivity index (χ0v) is 54.0. The molecular formula is C72H114N4O14. The van der Waals surface area contributed by atoms with E-state index in [2.05, 4.69) is 10.3 Å². The Morgan fingerprint density at radius 2 is 1.02 bits per heavy atom. The molecule has 17 atom stereocenters. The lowest BCUT2D eigenvalue weighted by molar-refractivity contribution is -0.132. The van der Waals surface area contributed by atoms with Crippen molar-refractivity contribution in [2.45, 2.75) is 223 Å². The highest BCUT2D eigenvalue weighted by Crippen LogP contribution is 2.24. The Labute approximate surface area is 537 Å². The molecule has 1 aromatic carbocycles. The van der Waals surface area contributed by atoms with Gasteiger partial charge in [0.25, 0.3) is 0 Å². The molecule has 1 rings (SSSR count). The molecule has 0 heterocycles. The number of carbonyl (C=O) groups is 1. The number of aliphatic hydroxyl groups is 12. The molecule has 0 saturated heterocycles. The summed E-state index contributed by atoms with van der Waals surface area (Å²) in [5, 5.41) is 141. The van der Waals surface area contributed by atoms with E-state index in [1.807, 2.05) is 137 Å². The molecule has 0 aliphatic rings. The summed E-state index contributed by atoms with van der Waals surface area (Å²) in [7, 11) is 0. The second kappa shape index (κ2) is 50.9. The predicted octanol–water partition coefficient (Wildman–Crippen LogP) is 7.68. The number of carboxylic acid groups (broad SMARTS) is 1. The summed E-state index contributed by atoms with van der Waals surface area (Å²) in [6.45, 7) is 10.2. The van der Waals surface area contributed by atoms with Crippen molar-refractivity contribution in [2.75, 3.05) is 6.54 Å². The molecule has 0 bridgehead atoms. The molecule has 18 N–H and O–H groups in total. The first-order chi connectivity index (χ1) is 42.9. The maximum atomic E-state index is 11.3. The third-order valence-electron chi connectivity index (χ3n) is 15.6. The van der Waals surface area contributed by atoms with Crippen LogP contribution in [0.3, 0.4) is 0 Å². The number of carboxylic acids is 1. The first-order valence-corrected chi connectivity index (χ1v) is 32.1. The number of allylic oxidation sites excluding steroid dienone is 16. The summed E-state index contributed by atoms with van der Waals surface area (Å²) < 4.78 is 0. The van der Waals surface area contributed by atoms with Gasteiger partial charge in [-0.25, -0.2) is 4.79 Å². The minimum absolute atomic E-state index is 0.0143. The van der Waals surface area contributed by atoms with Crippen LogP contribution in [0.1, 0.15) is 143 Å². The molecule has 0 aromatic heterocycles. The number of nitrogens with two attached hydrogens (primary N) is 2. The smallest absolute Gasteiger partial charge is 0.331 e. The lowest BCUT2D eigenvalue weighted by Crippen LogP contribution is -2.42. The Kier molecular flexibility index (Phi) is 46.6. The normalized spacial score (nSPS) is 19.0. The van der Waals surface area contributed by atoms with Crippen molar-refractivity contribution >= 4 is 11.9 Å². The van der Waals surface area contributed by atoms with Crippen molar-refractivity contribution in [2.24, 2.45) is 40.1 Å². The summed E-state index contributed by atoms with van der Waals surface area (Å²) in [6, 6.07) is 9.48. The average molecular weight is 1260 g/mol. The van der Waals surface area contributed by atoms with E-state index in [-0.39, 0.29) is 99.0 Å². The number of nitrogens with one attached hydrogen (secondary N) is 1. The van der Waals surface area contributed by atoms with Crippen molar-refractivity contribution in [3.05, 3.63) is 181 Å². The number of nitrogens with zero attached hydrogens (tertiary/aromatic N) is 1. The molecule has 18 heteroatoms. The Hall–Kier alpha value is -5.68. The second-order valence-corrected chi connectivity index (χ2v) is 23.8. The SMILES string of the molecule is CCC(CCCN=C(N)N)CC(O)CC(O)CC(O)CC(O)CC=CC(O)CC(O)CC(O)CC=CC(O)CC(O)CC(NCc1ccccc1)C(C)C(O)CC=CC=CC=CC=CC=CC=CC(O)C(C)C(O)C(C)C=CCCC=CC=CC=C(C)C(=O)O. The molecule has 0 amide bonds. The van der Waals surface area contributed by atoms with Gasteiger partial charge in [0, 0.05) is 49.4 Å².